The molecule has 380 valence electrons. The molecule has 0 saturated carbocycles. The van der Waals surface area contributed by atoms with Crippen LogP contribution >= 0.6 is 0 Å². The standard InChI is InChI=1S/C59H109NO5/c1-3-5-7-9-11-13-15-16-25-29-33-37-41-45-49-53-59(64)65-54-50-46-42-38-34-30-27-24-22-20-18-17-19-21-23-26-28-32-36-40-44-48-52-58(63)60-56(55-61)57(62)51-47-43-39-35-31-14-12-10-8-6-4-2/h11,13,16,19,21,25,47,51,56-57,61-62H,3-10,12,14-15,17-18,20,22-24,26-46,48-50,52-55H2,1-2H3,(H,60,63)/b13-11-,21-19-,25-16-,51-47+. The number of nitrogens with one attached hydrogen (secondary N) is 1. The van der Waals surface area contributed by atoms with E-state index in [0.717, 1.165) is 57.8 Å². The Morgan fingerprint density at radius 3 is 1.22 bits per heavy atom. The molecule has 0 saturated heterocycles. The van der Waals surface area contributed by atoms with Gasteiger partial charge in [-0.1, -0.05) is 236 Å². The van der Waals surface area contributed by atoms with Gasteiger partial charge in [0.05, 0.1) is 25.4 Å². The molecule has 65 heavy (non-hydrogen) atoms. The van der Waals surface area contributed by atoms with Crippen molar-refractivity contribution in [3.05, 3.63) is 48.6 Å². The van der Waals surface area contributed by atoms with Gasteiger partial charge in [0, 0.05) is 12.8 Å². The van der Waals surface area contributed by atoms with Gasteiger partial charge >= 0.3 is 5.97 Å². The zero-order chi connectivity index (χ0) is 47.2. The van der Waals surface area contributed by atoms with Crippen molar-refractivity contribution in [1.29, 1.82) is 0 Å². The van der Waals surface area contributed by atoms with Crippen LogP contribution in [0.25, 0.3) is 0 Å². The first-order valence-corrected chi connectivity index (χ1v) is 28.4. The first-order valence-electron chi connectivity index (χ1n) is 28.4. The first-order chi connectivity index (χ1) is 32.0. The lowest BCUT2D eigenvalue weighted by molar-refractivity contribution is -0.143. The Hall–Kier alpha value is -2.18. The van der Waals surface area contributed by atoms with Crippen LogP contribution in [-0.2, 0) is 14.3 Å². The summed E-state index contributed by atoms with van der Waals surface area (Å²) in [5.41, 5.74) is 0. The summed E-state index contributed by atoms with van der Waals surface area (Å²) in [5.74, 6) is -0.0826. The third kappa shape index (κ3) is 51.1. The molecule has 0 aromatic heterocycles. The van der Waals surface area contributed by atoms with E-state index in [4.69, 9.17) is 4.74 Å². The van der Waals surface area contributed by atoms with E-state index in [0.29, 0.717) is 19.4 Å². The fourth-order valence-electron chi connectivity index (χ4n) is 8.42. The Labute approximate surface area is 404 Å². The predicted octanol–water partition coefficient (Wildman–Crippen LogP) is 17.4. The van der Waals surface area contributed by atoms with Gasteiger partial charge in [-0.3, -0.25) is 9.59 Å². The fourth-order valence-corrected chi connectivity index (χ4v) is 8.42. The number of aliphatic hydroxyl groups excluding tert-OH is 2. The minimum Gasteiger partial charge on any atom is -0.466 e. The Bertz CT molecular complexity index is 1100. The second-order valence-electron chi connectivity index (χ2n) is 19.3. The molecule has 0 bridgehead atoms. The molecular weight excluding hydrogens is 803 g/mol. The summed E-state index contributed by atoms with van der Waals surface area (Å²) in [6.45, 7) is 4.85. The normalized spacial score (nSPS) is 13.0. The number of allylic oxidation sites excluding steroid dienone is 7. The van der Waals surface area contributed by atoms with Crippen molar-refractivity contribution in [3.63, 3.8) is 0 Å². The molecule has 0 aliphatic carbocycles. The number of rotatable bonds is 52. The van der Waals surface area contributed by atoms with Crippen molar-refractivity contribution < 1.29 is 24.5 Å². The van der Waals surface area contributed by atoms with Crippen LogP contribution in [0.15, 0.2) is 48.6 Å². The van der Waals surface area contributed by atoms with Crippen LogP contribution in [0.1, 0.15) is 290 Å². The van der Waals surface area contributed by atoms with Gasteiger partial charge < -0.3 is 20.3 Å². The minimum absolute atomic E-state index is 0.00539. The van der Waals surface area contributed by atoms with Crippen LogP contribution in [0.3, 0.4) is 0 Å². The van der Waals surface area contributed by atoms with E-state index in [1.165, 1.54) is 205 Å². The smallest absolute Gasteiger partial charge is 0.305 e. The van der Waals surface area contributed by atoms with E-state index in [-0.39, 0.29) is 18.5 Å². The molecule has 0 aromatic carbocycles. The number of esters is 1. The third-order valence-electron chi connectivity index (χ3n) is 12.8. The van der Waals surface area contributed by atoms with Gasteiger partial charge in [-0.05, 0) is 89.9 Å². The highest BCUT2D eigenvalue weighted by Gasteiger charge is 2.18. The molecule has 2 atom stereocenters. The van der Waals surface area contributed by atoms with Gasteiger partial charge in [0.2, 0.25) is 5.91 Å². The quantitative estimate of drug-likeness (QED) is 0.0321. The molecule has 0 fully saturated rings. The van der Waals surface area contributed by atoms with E-state index >= 15 is 0 Å². The van der Waals surface area contributed by atoms with Gasteiger partial charge in [-0.2, -0.15) is 0 Å². The lowest BCUT2D eigenvalue weighted by Gasteiger charge is -2.20. The molecule has 0 aliphatic heterocycles. The fraction of sp³-hybridized carbons (Fsp3) is 0.831. The molecule has 0 spiro atoms. The summed E-state index contributed by atoms with van der Waals surface area (Å²) in [6, 6.07) is -0.632. The molecule has 0 aromatic rings. The van der Waals surface area contributed by atoms with E-state index in [1.54, 1.807) is 6.08 Å². The SMILES string of the molecule is CCCCC/C=C\C/C=C\CCCCCCCC(=O)OCCCCCCCCCCCCC/C=C\CCCCCCCCCC(=O)NC(CO)C(O)/C=C/CCCCCCCCCCC. The Morgan fingerprint density at radius 2 is 0.769 bits per heavy atom. The highest BCUT2D eigenvalue weighted by Crippen LogP contribution is 2.15. The topological polar surface area (TPSA) is 95.9 Å². The number of amides is 1. The van der Waals surface area contributed by atoms with Gasteiger partial charge in [-0.15, -0.1) is 0 Å². The van der Waals surface area contributed by atoms with Crippen LogP contribution < -0.4 is 5.32 Å². The minimum atomic E-state index is -0.848. The zero-order valence-electron chi connectivity index (χ0n) is 43.2. The van der Waals surface area contributed by atoms with Crippen molar-refractivity contribution in [3.8, 4) is 0 Å². The predicted molar refractivity (Wildman–Crippen MR) is 282 cm³/mol. The second-order valence-corrected chi connectivity index (χ2v) is 19.3. The van der Waals surface area contributed by atoms with Gasteiger partial charge in [0.1, 0.15) is 0 Å². The molecule has 1 amide bonds. The molecule has 6 nitrogen and oxygen atoms in total. The number of hydrogen-bond acceptors (Lipinski definition) is 5. The molecule has 0 radical (unpaired) electrons. The van der Waals surface area contributed by atoms with Crippen molar-refractivity contribution in [1.82, 2.24) is 5.32 Å². The molecule has 6 heteroatoms. The van der Waals surface area contributed by atoms with Crippen LogP contribution in [0.5, 0.6) is 0 Å². The maximum atomic E-state index is 12.4. The second kappa shape index (κ2) is 54.4. The average Bonchev–Trinajstić information content (AvgIpc) is 3.31. The summed E-state index contributed by atoms with van der Waals surface area (Å²) in [5, 5.41) is 23.0. The van der Waals surface area contributed by atoms with Crippen molar-refractivity contribution in [2.45, 2.75) is 302 Å². The largest absolute Gasteiger partial charge is 0.466 e. The summed E-state index contributed by atoms with van der Waals surface area (Å²) in [4.78, 5) is 24.4. The van der Waals surface area contributed by atoms with Crippen LogP contribution in [0.2, 0.25) is 0 Å². The molecule has 3 N–H and O–H groups in total. The maximum absolute atomic E-state index is 12.4. The van der Waals surface area contributed by atoms with E-state index in [9.17, 15) is 19.8 Å². The van der Waals surface area contributed by atoms with E-state index < -0.39 is 12.1 Å². The number of aliphatic hydroxyl groups is 2. The molecule has 2 unspecified atom stereocenters. The zero-order valence-corrected chi connectivity index (χ0v) is 43.2. The summed E-state index contributed by atoms with van der Waals surface area (Å²) < 4.78 is 5.47. The number of unbranched alkanes of at least 4 members (excludes halogenated alkanes) is 35. The number of carbonyl (C=O) groups excluding carboxylic acids is 2. The lowest BCUT2D eigenvalue weighted by atomic mass is 10.0. The van der Waals surface area contributed by atoms with Crippen molar-refractivity contribution >= 4 is 11.9 Å². The van der Waals surface area contributed by atoms with Gasteiger partial charge in [-0.25, -0.2) is 0 Å². The van der Waals surface area contributed by atoms with Crippen LogP contribution in [0.4, 0.5) is 0 Å². The third-order valence-corrected chi connectivity index (χ3v) is 12.8. The summed E-state index contributed by atoms with van der Waals surface area (Å²) in [6.07, 6.45) is 68.5. The van der Waals surface area contributed by atoms with E-state index in [2.05, 4.69) is 55.6 Å². The average molecular weight is 913 g/mol. The van der Waals surface area contributed by atoms with Crippen LogP contribution in [-0.4, -0.2) is 47.4 Å². The first kappa shape index (κ1) is 62.8. The molecule has 0 rings (SSSR count). The Morgan fingerprint density at radius 1 is 0.431 bits per heavy atom. The van der Waals surface area contributed by atoms with Gasteiger partial charge in [0.25, 0.3) is 0 Å². The monoisotopic (exact) mass is 912 g/mol. The molecular formula is C59H109NO5. The van der Waals surface area contributed by atoms with Crippen molar-refractivity contribution in [2.24, 2.45) is 0 Å². The summed E-state index contributed by atoms with van der Waals surface area (Å²) >= 11 is 0. The van der Waals surface area contributed by atoms with Crippen LogP contribution in [0, 0.1) is 0 Å². The Balaban J connectivity index is 3.43. The van der Waals surface area contributed by atoms with Crippen molar-refractivity contribution in [2.75, 3.05) is 13.2 Å². The summed E-state index contributed by atoms with van der Waals surface area (Å²) in [7, 11) is 0. The highest BCUT2D eigenvalue weighted by atomic mass is 16.5. The lowest BCUT2D eigenvalue weighted by Crippen LogP contribution is -2.45. The van der Waals surface area contributed by atoms with E-state index in [1.807, 2.05) is 6.08 Å². The number of hydrogen-bond donors (Lipinski definition) is 3. The number of carbonyl (C=O) groups is 2. The highest BCUT2D eigenvalue weighted by molar-refractivity contribution is 5.76. The Kier molecular flexibility index (Phi) is 52.6. The molecule has 0 heterocycles. The van der Waals surface area contributed by atoms with Gasteiger partial charge in [0.15, 0.2) is 0 Å². The number of ether oxygens (including phenoxy) is 1. The maximum Gasteiger partial charge on any atom is 0.305 e. The molecule has 0 aliphatic rings.